The highest BCUT2D eigenvalue weighted by Gasteiger charge is 2.49. The van der Waals surface area contributed by atoms with Gasteiger partial charge in [-0.15, -0.1) is 10.2 Å². The molecule has 1 aliphatic heterocycles. The number of aromatic nitrogens is 5. The van der Waals surface area contributed by atoms with Crippen molar-refractivity contribution in [3.05, 3.63) is 77.3 Å². The topological polar surface area (TPSA) is 68.3 Å². The molecule has 7 nitrogen and oxygen atoms in total. The van der Waals surface area contributed by atoms with Gasteiger partial charge in [-0.3, -0.25) is 4.79 Å². The number of carbonyl (C=O) groups is 1. The summed E-state index contributed by atoms with van der Waals surface area (Å²) in [7, 11) is 1.90. The summed E-state index contributed by atoms with van der Waals surface area (Å²) in [6.07, 6.45) is 4.21. The van der Waals surface area contributed by atoms with Gasteiger partial charge in [0.15, 0.2) is 5.65 Å². The van der Waals surface area contributed by atoms with E-state index in [1.807, 2.05) is 28.3 Å². The van der Waals surface area contributed by atoms with Gasteiger partial charge in [0.2, 0.25) is 0 Å². The van der Waals surface area contributed by atoms with Crippen LogP contribution < -0.4 is 4.90 Å². The standard InChI is InChI=1S/C24H21F3N6O/c1-14-9-23(10-14,22-30-29-13-31(22)2)15-8-19(20-28-6-7-32(20)11-15)33-12-17-16(21(33)34)4-3-5-18(17)24(25,26)27/h3-8,11,13-14H,9-10,12H2,1-2H3. The third-order valence-electron chi connectivity index (χ3n) is 7.12. The van der Waals surface area contributed by atoms with Crippen LogP contribution in [0, 0.1) is 5.92 Å². The molecule has 6 rings (SSSR count). The number of nitrogens with zero attached hydrogens (tertiary/aromatic N) is 6. The summed E-state index contributed by atoms with van der Waals surface area (Å²) in [5.74, 6) is 0.842. The van der Waals surface area contributed by atoms with Crippen molar-refractivity contribution in [2.75, 3.05) is 4.90 Å². The molecule has 0 unspecified atom stereocenters. The van der Waals surface area contributed by atoms with Crippen molar-refractivity contribution in [1.82, 2.24) is 24.1 Å². The lowest BCUT2D eigenvalue weighted by Gasteiger charge is -2.46. The Balaban J connectivity index is 1.51. The normalized spacial score (nSPS) is 22.3. The molecule has 4 aromatic rings. The minimum Gasteiger partial charge on any atom is -0.320 e. The van der Waals surface area contributed by atoms with E-state index in [-0.39, 0.29) is 17.7 Å². The molecular weight excluding hydrogens is 445 g/mol. The highest BCUT2D eigenvalue weighted by molar-refractivity contribution is 6.11. The maximum atomic E-state index is 13.6. The Hall–Kier alpha value is -3.69. The molecule has 1 saturated carbocycles. The Bertz CT molecular complexity index is 1450. The number of benzene rings is 1. The van der Waals surface area contributed by atoms with E-state index < -0.39 is 23.1 Å². The van der Waals surface area contributed by atoms with Gasteiger partial charge in [0, 0.05) is 31.2 Å². The first-order chi connectivity index (χ1) is 16.2. The van der Waals surface area contributed by atoms with Crippen molar-refractivity contribution in [3.8, 4) is 0 Å². The fourth-order valence-electron chi connectivity index (χ4n) is 5.66. The fourth-order valence-corrected chi connectivity index (χ4v) is 5.66. The molecule has 10 heteroatoms. The number of imidazole rings is 1. The summed E-state index contributed by atoms with van der Waals surface area (Å²) < 4.78 is 44.7. The molecular formula is C24H21F3N6O. The molecule has 0 atom stereocenters. The Kier molecular flexibility index (Phi) is 4.24. The molecule has 1 fully saturated rings. The number of alkyl halides is 3. The predicted molar refractivity (Wildman–Crippen MR) is 117 cm³/mol. The van der Waals surface area contributed by atoms with E-state index in [4.69, 9.17) is 0 Å². The van der Waals surface area contributed by atoms with Crippen molar-refractivity contribution in [2.24, 2.45) is 13.0 Å². The molecule has 0 N–H and O–H groups in total. The number of hydrogen-bond acceptors (Lipinski definition) is 4. The number of anilines is 1. The summed E-state index contributed by atoms with van der Waals surface area (Å²) in [5, 5.41) is 8.45. The van der Waals surface area contributed by atoms with Crippen LogP contribution in [0.1, 0.15) is 52.6 Å². The van der Waals surface area contributed by atoms with Gasteiger partial charge in [0.25, 0.3) is 5.91 Å². The first-order valence-corrected chi connectivity index (χ1v) is 11.0. The van der Waals surface area contributed by atoms with Crippen LogP contribution in [0.3, 0.4) is 0 Å². The van der Waals surface area contributed by atoms with Crippen LogP contribution in [0.25, 0.3) is 5.65 Å². The van der Waals surface area contributed by atoms with Gasteiger partial charge >= 0.3 is 6.18 Å². The Morgan fingerprint density at radius 3 is 2.68 bits per heavy atom. The fraction of sp³-hybridized carbons (Fsp3) is 0.333. The molecule has 3 aromatic heterocycles. The summed E-state index contributed by atoms with van der Waals surface area (Å²) in [6, 6.07) is 5.65. The highest BCUT2D eigenvalue weighted by Crippen LogP contribution is 2.52. The van der Waals surface area contributed by atoms with Crippen LogP contribution in [-0.2, 0) is 25.2 Å². The molecule has 4 heterocycles. The van der Waals surface area contributed by atoms with Crippen LogP contribution in [0.15, 0.2) is 49.2 Å². The van der Waals surface area contributed by atoms with Crippen LogP contribution in [0.2, 0.25) is 0 Å². The lowest BCUT2D eigenvalue weighted by Crippen LogP contribution is -2.43. The molecule has 174 valence electrons. The lowest BCUT2D eigenvalue weighted by atomic mass is 9.59. The van der Waals surface area contributed by atoms with E-state index in [2.05, 4.69) is 22.1 Å². The average molecular weight is 466 g/mol. The number of carbonyl (C=O) groups excluding carboxylic acids is 1. The largest absolute Gasteiger partial charge is 0.416 e. The lowest BCUT2D eigenvalue weighted by molar-refractivity contribution is -0.138. The molecule has 0 radical (unpaired) electrons. The number of pyridine rings is 1. The predicted octanol–water partition coefficient (Wildman–Crippen LogP) is 4.36. The third kappa shape index (κ3) is 2.83. The van der Waals surface area contributed by atoms with E-state index in [0.717, 1.165) is 30.3 Å². The summed E-state index contributed by atoms with van der Waals surface area (Å²) in [4.78, 5) is 19.1. The van der Waals surface area contributed by atoms with Gasteiger partial charge in [-0.2, -0.15) is 13.2 Å². The summed E-state index contributed by atoms with van der Waals surface area (Å²) >= 11 is 0. The van der Waals surface area contributed by atoms with Crippen LogP contribution in [-0.4, -0.2) is 30.1 Å². The molecule has 1 aromatic carbocycles. The molecule has 0 saturated heterocycles. The minimum atomic E-state index is -4.54. The number of halogens is 3. The molecule has 2 aliphatic rings. The molecule has 0 spiro atoms. The second kappa shape index (κ2) is 6.91. The van der Waals surface area contributed by atoms with Gasteiger partial charge in [-0.25, -0.2) is 4.98 Å². The van der Waals surface area contributed by atoms with E-state index in [1.54, 1.807) is 18.7 Å². The van der Waals surface area contributed by atoms with Crippen LogP contribution in [0.4, 0.5) is 18.9 Å². The Morgan fingerprint density at radius 2 is 2.00 bits per heavy atom. The van der Waals surface area contributed by atoms with Crippen molar-refractivity contribution in [2.45, 2.75) is 37.9 Å². The average Bonchev–Trinajstić information content (AvgIpc) is 3.49. The smallest absolute Gasteiger partial charge is 0.320 e. The zero-order chi connectivity index (χ0) is 23.8. The minimum absolute atomic E-state index is 0.00427. The Labute approximate surface area is 192 Å². The zero-order valence-electron chi connectivity index (χ0n) is 18.5. The van der Waals surface area contributed by atoms with Crippen LogP contribution in [0.5, 0.6) is 0 Å². The number of hydrogen-bond donors (Lipinski definition) is 0. The monoisotopic (exact) mass is 466 g/mol. The van der Waals surface area contributed by atoms with E-state index in [1.165, 1.54) is 17.0 Å². The van der Waals surface area contributed by atoms with E-state index in [9.17, 15) is 18.0 Å². The first kappa shape index (κ1) is 20.9. The van der Waals surface area contributed by atoms with Gasteiger partial charge in [-0.05, 0) is 48.1 Å². The molecule has 1 aliphatic carbocycles. The van der Waals surface area contributed by atoms with Crippen molar-refractivity contribution in [3.63, 3.8) is 0 Å². The second-order valence-electron chi connectivity index (χ2n) is 9.35. The van der Waals surface area contributed by atoms with Crippen molar-refractivity contribution >= 4 is 17.2 Å². The third-order valence-corrected chi connectivity index (χ3v) is 7.12. The van der Waals surface area contributed by atoms with Crippen molar-refractivity contribution in [1.29, 1.82) is 0 Å². The molecule has 34 heavy (non-hydrogen) atoms. The number of aryl methyl sites for hydroxylation is 1. The Morgan fingerprint density at radius 1 is 1.21 bits per heavy atom. The zero-order valence-corrected chi connectivity index (χ0v) is 18.5. The number of fused-ring (bicyclic) bond motifs is 2. The quantitative estimate of drug-likeness (QED) is 0.450. The maximum absolute atomic E-state index is 13.6. The highest BCUT2D eigenvalue weighted by atomic mass is 19.4. The summed E-state index contributed by atoms with van der Waals surface area (Å²) in [6.45, 7) is 2.01. The van der Waals surface area contributed by atoms with Gasteiger partial charge in [-0.1, -0.05) is 13.0 Å². The van der Waals surface area contributed by atoms with Crippen LogP contribution >= 0.6 is 0 Å². The number of rotatable bonds is 3. The number of amides is 1. The van der Waals surface area contributed by atoms with Gasteiger partial charge in [0.1, 0.15) is 12.2 Å². The summed E-state index contributed by atoms with van der Waals surface area (Å²) in [5.41, 5.74) is 0.823. The molecule has 0 bridgehead atoms. The van der Waals surface area contributed by atoms with Gasteiger partial charge in [0.05, 0.1) is 23.2 Å². The van der Waals surface area contributed by atoms with E-state index >= 15 is 0 Å². The second-order valence-corrected chi connectivity index (χ2v) is 9.35. The SMILES string of the molecule is CC1CC(c2cc(N3Cc4c(cccc4C(F)(F)F)C3=O)c3nccn3c2)(c2nncn2C)C1. The van der Waals surface area contributed by atoms with E-state index in [0.29, 0.717) is 17.3 Å². The van der Waals surface area contributed by atoms with Crippen molar-refractivity contribution < 1.29 is 18.0 Å². The molecule has 1 amide bonds. The first-order valence-electron chi connectivity index (χ1n) is 11.0. The maximum Gasteiger partial charge on any atom is 0.416 e. The van der Waals surface area contributed by atoms with Gasteiger partial charge < -0.3 is 13.9 Å².